The molecular weight excluding hydrogens is 378 g/mol. The Labute approximate surface area is 176 Å². The van der Waals surface area contributed by atoms with Crippen molar-refractivity contribution in [2.24, 2.45) is 5.92 Å². The van der Waals surface area contributed by atoms with Crippen LogP contribution in [0.3, 0.4) is 0 Å². The van der Waals surface area contributed by atoms with Crippen LogP contribution in [-0.2, 0) is 21.7 Å². The third-order valence-corrected chi connectivity index (χ3v) is 6.03. The number of methoxy groups -OCH3 is 1. The van der Waals surface area contributed by atoms with E-state index >= 15 is 0 Å². The molecule has 5 nitrogen and oxygen atoms in total. The van der Waals surface area contributed by atoms with Gasteiger partial charge in [-0.25, -0.2) is 9.78 Å². The van der Waals surface area contributed by atoms with Gasteiger partial charge >= 0.3 is 5.97 Å². The summed E-state index contributed by atoms with van der Waals surface area (Å²) in [5.74, 6) is -0.0692. The van der Waals surface area contributed by atoms with E-state index in [1.165, 1.54) is 7.11 Å². The van der Waals surface area contributed by atoms with Gasteiger partial charge in [-0.15, -0.1) is 0 Å². The van der Waals surface area contributed by atoms with Gasteiger partial charge in [0.1, 0.15) is 12.4 Å². The SMILES string of the molecule is COC(=O)C(O)(c1ccc(OCc2ccc3ccccc3n2)cc1)C1CCCCC1. The van der Waals surface area contributed by atoms with Crippen molar-refractivity contribution in [3.05, 3.63) is 71.9 Å². The number of ether oxygens (including phenoxy) is 2. The van der Waals surface area contributed by atoms with Crippen molar-refractivity contribution in [3.63, 3.8) is 0 Å². The third-order valence-electron chi connectivity index (χ3n) is 6.03. The first-order chi connectivity index (χ1) is 14.6. The first kappa shape index (κ1) is 20.4. The van der Waals surface area contributed by atoms with Gasteiger partial charge in [-0.05, 0) is 42.7 Å². The number of hydrogen-bond acceptors (Lipinski definition) is 5. The van der Waals surface area contributed by atoms with Gasteiger partial charge in [0.2, 0.25) is 0 Å². The second kappa shape index (κ2) is 8.84. The maximum absolute atomic E-state index is 12.5. The molecule has 0 bridgehead atoms. The molecule has 1 aromatic heterocycles. The highest BCUT2D eigenvalue weighted by molar-refractivity contribution is 5.81. The normalized spacial score (nSPS) is 16.7. The maximum Gasteiger partial charge on any atom is 0.342 e. The predicted molar refractivity (Wildman–Crippen MR) is 115 cm³/mol. The smallest absolute Gasteiger partial charge is 0.342 e. The van der Waals surface area contributed by atoms with Crippen LogP contribution in [-0.4, -0.2) is 23.2 Å². The number of carbonyl (C=O) groups excluding carboxylic acids is 1. The van der Waals surface area contributed by atoms with Crippen molar-refractivity contribution in [1.82, 2.24) is 4.98 Å². The molecule has 156 valence electrons. The van der Waals surface area contributed by atoms with Crippen molar-refractivity contribution < 1.29 is 19.4 Å². The second-order valence-corrected chi connectivity index (χ2v) is 7.90. The monoisotopic (exact) mass is 405 g/mol. The first-order valence-electron chi connectivity index (χ1n) is 10.5. The lowest BCUT2D eigenvalue weighted by molar-refractivity contribution is -0.172. The number of carbonyl (C=O) groups is 1. The minimum atomic E-state index is -1.62. The molecule has 1 atom stereocenters. The average molecular weight is 405 g/mol. The van der Waals surface area contributed by atoms with E-state index < -0.39 is 11.6 Å². The van der Waals surface area contributed by atoms with Crippen molar-refractivity contribution >= 4 is 16.9 Å². The molecule has 0 saturated heterocycles. The number of aromatic nitrogens is 1. The Kier molecular flexibility index (Phi) is 6.00. The van der Waals surface area contributed by atoms with Gasteiger partial charge < -0.3 is 14.6 Å². The molecular formula is C25H27NO4. The van der Waals surface area contributed by atoms with Gasteiger partial charge in [0.15, 0.2) is 5.60 Å². The molecule has 30 heavy (non-hydrogen) atoms. The molecule has 0 radical (unpaired) electrons. The summed E-state index contributed by atoms with van der Waals surface area (Å²) in [7, 11) is 1.32. The molecule has 5 heteroatoms. The molecule has 0 amide bonds. The molecule has 1 aliphatic rings. The van der Waals surface area contributed by atoms with E-state index in [0.29, 0.717) is 17.9 Å². The van der Waals surface area contributed by atoms with Crippen LogP contribution in [0.5, 0.6) is 5.75 Å². The Hall–Kier alpha value is -2.92. The fourth-order valence-corrected chi connectivity index (χ4v) is 4.35. The van der Waals surface area contributed by atoms with Crippen LogP contribution in [0, 0.1) is 5.92 Å². The second-order valence-electron chi connectivity index (χ2n) is 7.90. The number of nitrogens with zero attached hydrogens (tertiary/aromatic N) is 1. The van der Waals surface area contributed by atoms with Crippen molar-refractivity contribution in [3.8, 4) is 5.75 Å². The zero-order chi connectivity index (χ0) is 21.0. The molecule has 0 spiro atoms. The van der Waals surface area contributed by atoms with E-state index in [4.69, 9.17) is 9.47 Å². The number of pyridine rings is 1. The number of esters is 1. The summed E-state index contributed by atoms with van der Waals surface area (Å²) in [6.45, 7) is 0.341. The number of hydrogen-bond donors (Lipinski definition) is 1. The summed E-state index contributed by atoms with van der Waals surface area (Å²) >= 11 is 0. The van der Waals surface area contributed by atoms with E-state index in [-0.39, 0.29) is 5.92 Å². The maximum atomic E-state index is 12.5. The molecule has 1 N–H and O–H groups in total. The Balaban J connectivity index is 1.49. The van der Waals surface area contributed by atoms with Gasteiger partial charge in [0.25, 0.3) is 0 Å². The van der Waals surface area contributed by atoms with Crippen LogP contribution >= 0.6 is 0 Å². The lowest BCUT2D eigenvalue weighted by Crippen LogP contribution is -2.44. The van der Waals surface area contributed by atoms with E-state index in [1.807, 2.05) is 36.4 Å². The molecule has 4 rings (SSSR count). The fraction of sp³-hybridized carbons (Fsp3) is 0.360. The van der Waals surface area contributed by atoms with Crippen LogP contribution in [0.2, 0.25) is 0 Å². The van der Waals surface area contributed by atoms with Gasteiger partial charge in [-0.3, -0.25) is 0 Å². The molecule has 1 fully saturated rings. The minimum Gasteiger partial charge on any atom is -0.487 e. The van der Waals surface area contributed by atoms with Crippen molar-refractivity contribution in [2.75, 3.05) is 7.11 Å². The molecule has 0 aliphatic heterocycles. The highest BCUT2D eigenvalue weighted by atomic mass is 16.5. The Morgan fingerprint density at radius 1 is 1.03 bits per heavy atom. The molecule has 3 aromatic rings. The van der Waals surface area contributed by atoms with Gasteiger partial charge in [0.05, 0.1) is 18.3 Å². The number of benzene rings is 2. The Morgan fingerprint density at radius 3 is 2.50 bits per heavy atom. The molecule has 2 aromatic carbocycles. The highest BCUT2D eigenvalue weighted by Gasteiger charge is 2.46. The van der Waals surface area contributed by atoms with Crippen LogP contribution in [0.25, 0.3) is 10.9 Å². The van der Waals surface area contributed by atoms with Crippen molar-refractivity contribution in [1.29, 1.82) is 0 Å². The van der Waals surface area contributed by atoms with E-state index in [9.17, 15) is 9.90 Å². The predicted octanol–water partition coefficient (Wildman–Crippen LogP) is 4.75. The zero-order valence-electron chi connectivity index (χ0n) is 17.2. The number of rotatable bonds is 6. The summed E-state index contributed by atoms with van der Waals surface area (Å²) in [4.78, 5) is 17.1. The van der Waals surface area contributed by atoms with E-state index in [1.54, 1.807) is 24.3 Å². The minimum absolute atomic E-state index is 0.132. The van der Waals surface area contributed by atoms with Crippen LogP contribution in [0.1, 0.15) is 43.4 Å². The van der Waals surface area contributed by atoms with Gasteiger partial charge in [-0.2, -0.15) is 0 Å². The van der Waals surface area contributed by atoms with Crippen LogP contribution in [0.15, 0.2) is 60.7 Å². The fourth-order valence-electron chi connectivity index (χ4n) is 4.35. The largest absolute Gasteiger partial charge is 0.487 e. The molecule has 1 unspecified atom stereocenters. The molecule has 1 aliphatic carbocycles. The number of aliphatic hydroxyl groups is 1. The molecule has 1 heterocycles. The standard InChI is InChI=1S/C25H27NO4/c1-29-24(27)25(28,19-8-3-2-4-9-19)20-12-15-22(16-13-20)30-17-21-14-11-18-7-5-6-10-23(18)26-21/h5-7,10-16,19,28H,2-4,8-9,17H2,1H3. The summed E-state index contributed by atoms with van der Waals surface area (Å²) in [6.07, 6.45) is 4.81. The van der Waals surface area contributed by atoms with E-state index in [0.717, 1.165) is 48.7 Å². The number of para-hydroxylation sites is 1. The lowest BCUT2D eigenvalue weighted by Gasteiger charge is -2.36. The highest BCUT2D eigenvalue weighted by Crippen LogP contribution is 2.40. The van der Waals surface area contributed by atoms with Gasteiger partial charge in [-0.1, -0.05) is 55.7 Å². The van der Waals surface area contributed by atoms with Crippen LogP contribution < -0.4 is 4.74 Å². The Morgan fingerprint density at radius 2 is 1.77 bits per heavy atom. The van der Waals surface area contributed by atoms with Gasteiger partial charge in [0, 0.05) is 11.3 Å². The van der Waals surface area contributed by atoms with Crippen LogP contribution in [0.4, 0.5) is 0 Å². The van der Waals surface area contributed by atoms with E-state index in [2.05, 4.69) is 4.98 Å². The average Bonchev–Trinajstić information content (AvgIpc) is 2.82. The molecule has 1 saturated carbocycles. The quantitative estimate of drug-likeness (QED) is 0.599. The topological polar surface area (TPSA) is 68.7 Å². The summed E-state index contributed by atoms with van der Waals surface area (Å²) in [5, 5.41) is 12.4. The Bertz CT molecular complexity index is 1010. The van der Waals surface area contributed by atoms with Crippen molar-refractivity contribution in [2.45, 2.75) is 44.3 Å². The zero-order valence-corrected chi connectivity index (χ0v) is 17.2. The lowest BCUT2D eigenvalue weighted by atomic mass is 9.73. The summed E-state index contributed by atoms with van der Waals surface area (Å²) in [5.41, 5.74) is 0.709. The first-order valence-corrected chi connectivity index (χ1v) is 10.5. The number of fused-ring (bicyclic) bond motifs is 1. The third kappa shape index (κ3) is 4.03. The summed E-state index contributed by atoms with van der Waals surface area (Å²) < 4.78 is 10.8. The summed E-state index contributed by atoms with van der Waals surface area (Å²) in [6, 6.07) is 19.0.